The molecule has 0 bridgehead atoms. The van der Waals surface area contributed by atoms with Gasteiger partial charge in [0, 0.05) is 6.04 Å². The van der Waals surface area contributed by atoms with Crippen molar-refractivity contribution < 1.29 is 0 Å². The van der Waals surface area contributed by atoms with Crippen molar-refractivity contribution in [3.05, 3.63) is 0 Å². The molecule has 3 N–H and O–H groups in total. The molecule has 0 radical (unpaired) electrons. The summed E-state index contributed by atoms with van der Waals surface area (Å²) >= 11 is 0. The van der Waals surface area contributed by atoms with E-state index in [1.54, 1.807) is 0 Å². The highest BCUT2D eigenvalue weighted by Gasteiger charge is 2.17. The first kappa shape index (κ1) is 12.0. The monoisotopic (exact) mass is 198 g/mol. The molecule has 0 spiro atoms. The van der Waals surface area contributed by atoms with E-state index in [1.165, 1.54) is 44.9 Å². The van der Waals surface area contributed by atoms with Crippen LogP contribution in [0.25, 0.3) is 0 Å². The molecule has 1 atom stereocenters. The Balaban J connectivity index is 2.12. The van der Waals surface area contributed by atoms with Gasteiger partial charge < -0.3 is 0 Å². The maximum atomic E-state index is 5.56. The summed E-state index contributed by atoms with van der Waals surface area (Å²) in [6.07, 6.45) is 9.67. The zero-order chi connectivity index (χ0) is 10.4. The summed E-state index contributed by atoms with van der Waals surface area (Å²) in [4.78, 5) is 0. The van der Waals surface area contributed by atoms with Crippen LogP contribution in [-0.2, 0) is 0 Å². The number of hydrazine groups is 1. The van der Waals surface area contributed by atoms with Gasteiger partial charge in [-0.25, -0.2) is 0 Å². The average Bonchev–Trinajstić information content (AvgIpc) is 2.64. The molecule has 0 aromatic heterocycles. The number of nitrogens with two attached hydrogens (primary N) is 1. The van der Waals surface area contributed by atoms with Crippen LogP contribution < -0.4 is 11.3 Å². The van der Waals surface area contributed by atoms with Gasteiger partial charge in [-0.2, -0.15) is 0 Å². The van der Waals surface area contributed by atoms with Gasteiger partial charge in [0.05, 0.1) is 0 Å². The highest BCUT2D eigenvalue weighted by Crippen LogP contribution is 2.29. The van der Waals surface area contributed by atoms with E-state index in [9.17, 15) is 0 Å². The third-order valence-corrected chi connectivity index (χ3v) is 3.39. The molecule has 0 aromatic rings. The lowest BCUT2D eigenvalue weighted by molar-refractivity contribution is 0.362. The molecule has 84 valence electrons. The Hall–Kier alpha value is -0.0800. The van der Waals surface area contributed by atoms with Crippen molar-refractivity contribution in [2.75, 3.05) is 0 Å². The van der Waals surface area contributed by atoms with Crippen molar-refractivity contribution in [1.82, 2.24) is 5.43 Å². The van der Waals surface area contributed by atoms with Crippen LogP contribution in [-0.4, -0.2) is 6.04 Å². The van der Waals surface area contributed by atoms with Crippen molar-refractivity contribution >= 4 is 0 Å². The second-order valence-electron chi connectivity index (χ2n) is 5.22. The summed E-state index contributed by atoms with van der Waals surface area (Å²) in [6, 6.07) is 0.538. The Labute approximate surface area is 88.6 Å². The maximum Gasteiger partial charge on any atom is 0.0213 e. The van der Waals surface area contributed by atoms with E-state index in [0.717, 1.165) is 11.8 Å². The van der Waals surface area contributed by atoms with Crippen molar-refractivity contribution in [2.45, 2.75) is 64.8 Å². The second-order valence-corrected chi connectivity index (χ2v) is 5.22. The SMILES string of the molecule is CC(C)CC(CCC1CCCC1)NN. The van der Waals surface area contributed by atoms with Gasteiger partial charge in [0.15, 0.2) is 0 Å². The van der Waals surface area contributed by atoms with Gasteiger partial charge in [-0.3, -0.25) is 11.3 Å². The smallest absolute Gasteiger partial charge is 0.0213 e. The van der Waals surface area contributed by atoms with E-state index in [-0.39, 0.29) is 0 Å². The van der Waals surface area contributed by atoms with E-state index in [2.05, 4.69) is 19.3 Å². The van der Waals surface area contributed by atoms with Crippen LogP contribution in [0.1, 0.15) is 58.8 Å². The quantitative estimate of drug-likeness (QED) is 0.509. The first-order valence-corrected chi connectivity index (χ1v) is 6.18. The van der Waals surface area contributed by atoms with Gasteiger partial charge in [0.2, 0.25) is 0 Å². The second kappa shape index (κ2) is 6.41. The predicted octanol–water partition coefficient (Wildman–Crippen LogP) is 2.83. The van der Waals surface area contributed by atoms with E-state index < -0.39 is 0 Å². The van der Waals surface area contributed by atoms with Crippen molar-refractivity contribution in [3.63, 3.8) is 0 Å². The molecule has 1 aliphatic rings. The summed E-state index contributed by atoms with van der Waals surface area (Å²) in [5.41, 5.74) is 2.96. The molecule has 1 fully saturated rings. The molecule has 1 saturated carbocycles. The highest BCUT2D eigenvalue weighted by molar-refractivity contribution is 4.72. The Morgan fingerprint density at radius 2 is 1.93 bits per heavy atom. The Morgan fingerprint density at radius 3 is 2.43 bits per heavy atom. The van der Waals surface area contributed by atoms with E-state index >= 15 is 0 Å². The summed E-state index contributed by atoms with van der Waals surface area (Å²) in [5, 5.41) is 0. The minimum absolute atomic E-state index is 0.538. The fourth-order valence-corrected chi connectivity index (χ4v) is 2.57. The van der Waals surface area contributed by atoms with Gasteiger partial charge in [-0.05, 0) is 31.1 Å². The standard InChI is InChI=1S/C12H26N2/c1-10(2)9-12(14-13)8-7-11-5-3-4-6-11/h10-12,14H,3-9,13H2,1-2H3. The Kier molecular flexibility index (Phi) is 5.49. The van der Waals surface area contributed by atoms with Crippen molar-refractivity contribution in [1.29, 1.82) is 0 Å². The molecule has 0 saturated heterocycles. The molecule has 2 nitrogen and oxygen atoms in total. The van der Waals surface area contributed by atoms with E-state index in [0.29, 0.717) is 6.04 Å². The van der Waals surface area contributed by atoms with Gasteiger partial charge >= 0.3 is 0 Å². The third-order valence-electron chi connectivity index (χ3n) is 3.39. The zero-order valence-corrected chi connectivity index (χ0v) is 9.76. The summed E-state index contributed by atoms with van der Waals surface area (Å²) in [7, 11) is 0. The van der Waals surface area contributed by atoms with Crippen molar-refractivity contribution in [2.24, 2.45) is 17.7 Å². The Bertz CT molecular complexity index is 139. The van der Waals surface area contributed by atoms with Gasteiger partial charge in [0.1, 0.15) is 0 Å². The molecular formula is C12H26N2. The minimum Gasteiger partial charge on any atom is -0.271 e. The van der Waals surface area contributed by atoms with Crippen LogP contribution in [0.3, 0.4) is 0 Å². The fourth-order valence-electron chi connectivity index (χ4n) is 2.57. The molecule has 0 aromatic carbocycles. The van der Waals surface area contributed by atoms with Gasteiger partial charge in [0.25, 0.3) is 0 Å². The molecule has 0 amide bonds. The fraction of sp³-hybridized carbons (Fsp3) is 1.00. The average molecular weight is 198 g/mol. The van der Waals surface area contributed by atoms with E-state index in [1.807, 2.05) is 0 Å². The van der Waals surface area contributed by atoms with Gasteiger partial charge in [-0.15, -0.1) is 0 Å². The minimum atomic E-state index is 0.538. The van der Waals surface area contributed by atoms with Crippen molar-refractivity contribution in [3.8, 4) is 0 Å². The molecule has 0 heterocycles. The topological polar surface area (TPSA) is 38.0 Å². The summed E-state index contributed by atoms with van der Waals surface area (Å²) in [6.45, 7) is 4.53. The summed E-state index contributed by atoms with van der Waals surface area (Å²) < 4.78 is 0. The zero-order valence-electron chi connectivity index (χ0n) is 9.76. The highest BCUT2D eigenvalue weighted by atomic mass is 15.2. The van der Waals surface area contributed by atoms with Crippen LogP contribution in [0.15, 0.2) is 0 Å². The van der Waals surface area contributed by atoms with Gasteiger partial charge in [-0.1, -0.05) is 39.5 Å². The van der Waals surface area contributed by atoms with Crippen LogP contribution in [0, 0.1) is 11.8 Å². The normalized spacial score (nSPS) is 20.6. The molecule has 2 heteroatoms. The lowest BCUT2D eigenvalue weighted by Crippen LogP contribution is -2.36. The number of rotatable bonds is 6. The third kappa shape index (κ3) is 4.43. The largest absolute Gasteiger partial charge is 0.271 e. The van der Waals surface area contributed by atoms with Crippen LogP contribution >= 0.6 is 0 Å². The van der Waals surface area contributed by atoms with Crippen LogP contribution in [0.2, 0.25) is 0 Å². The number of hydrogen-bond donors (Lipinski definition) is 2. The molecule has 1 rings (SSSR count). The lowest BCUT2D eigenvalue weighted by Gasteiger charge is -2.19. The molecule has 1 unspecified atom stereocenters. The first-order chi connectivity index (χ1) is 6.72. The van der Waals surface area contributed by atoms with Crippen LogP contribution in [0.4, 0.5) is 0 Å². The first-order valence-electron chi connectivity index (χ1n) is 6.18. The predicted molar refractivity (Wildman–Crippen MR) is 61.8 cm³/mol. The number of hydrogen-bond acceptors (Lipinski definition) is 2. The maximum absolute atomic E-state index is 5.56. The lowest BCUT2D eigenvalue weighted by atomic mass is 9.94. The van der Waals surface area contributed by atoms with E-state index in [4.69, 9.17) is 5.84 Å². The molecule has 0 aliphatic heterocycles. The molecule has 1 aliphatic carbocycles. The summed E-state index contributed by atoms with van der Waals surface area (Å²) in [5.74, 6) is 7.30. The molecular weight excluding hydrogens is 172 g/mol. The molecule has 14 heavy (non-hydrogen) atoms. The van der Waals surface area contributed by atoms with Crippen LogP contribution in [0.5, 0.6) is 0 Å². The Morgan fingerprint density at radius 1 is 1.29 bits per heavy atom. The number of nitrogens with one attached hydrogen (secondary N) is 1.